The molecule has 1 aliphatic heterocycles. The number of piperidine rings is 1. The molecule has 11 nitrogen and oxygen atoms in total. The average molecular weight is 632 g/mol. The summed E-state index contributed by atoms with van der Waals surface area (Å²) >= 11 is 0. The van der Waals surface area contributed by atoms with Crippen LogP contribution in [-0.4, -0.2) is 68.1 Å². The first-order valence-corrected chi connectivity index (χ1v) is 14.7. The molecule has 5 rings (SSSR count). The van der Waals surface area contributed by atoms with E-state index in [1.54, 1.807) is 45.0 Å². The molecule has 0 radical (unpaired) electrons. The molecular formula is C34H34FN3O8. The van der Waals surface area contributed by atoms with E-state index in [-0.39, 0.29) is 31.9 Å². The zero-order valence-corrected chi connectivity index (χ0v) is 25.6. The molecule has 12 heteroatoms. The summed E-state index contributed by atoms with van der Waals surface area (Å²) < 4.78 is 30.7. The molecule has 1 saturated heterocycles. The van der Waals surface area contributed by atoms with Crippen molar-refractivity contribution in [2.24, 2.45) is 5.41 Å². The number of hydrogen-bond acceptors (Lipinski definition) is 9. The van der Waals surface area contributed by atoms with Crippen molar-refractivity contribution in [1.29, 1.82) is 0 Å². The third-order valence-corrected chi connectivity index (χ3v) is 8.22. The zero-order valence-electron chi connectivity index (χ0n) is 25.6. The molecule has 2 heterocycles. The number of carbonyl (C=O) groups excluding carboxylic acids is 1. The Hall–Kier alpha value is -5.10. The molecule has 0 amide bonds. The smallest absolute Gasteiger partial charge is 0.480 e. The third kappa shape index (κ3) is 6.76. The lowest BCUT2D eigenvalue weighted by Crippen LogP contribution is -2.61. The molecule has 240 valence electrons. The Bertz CT molecular complexity index is 1710. The molecule has 2 N–H and O–H groups in total. The number of aromatic nitrogens is 2. The lowest BCUT2D eigenvalue weighted by Gasteiger charge is -2.49. The second-order valence-electron chi connectivity index (χ2n) is 11.9. The molecule has 4 aromatic rings. The van der Waals surface area contributed by atoms with Crippen LogP contribution in [0.15, 0.2) is 77.3 Å². The number of carbonyl (C=O) groups is 3. The van der Waals surface area contributed by atoms with Gasteiger partial charge in [0.2, 0.25) is 5.82 Å². The summed E-state index contributed by atoms with van der Waals surface area (Å²) in [5.41, 5.74) is -0.0123. The zero-order chi connectivity index (χ0) is 33.1. The minimum Gasteiger partial charge on any atom is -0.480 e. The lowest BCUT2D eigenvalue weighted by molar-refractivity contribution is -0.175. The van der Waals surface area contributed by atoms with E-state index in [4.69, 9.17) is 14.0 Å². The summed E-state index contributed by atoms with van der Waals surface area (Å²) in [6.45, 7) is 5.19. The number of hydrogen-bond donors (Lipinski definition) is 2. The van der Waals surface area contributed by atoms with Crippen LogP contribution in [0.5, 0.6) is 0 Å². The van der Waals surface area contributed by atoms with E-state index in [9.17, 15) is 29.0 Å². The molecule has 1 atom stereocenters. The number of likely N-dealkylation sites (tertiary alicyclic amines) is 1. The van der Waals surface area contributed by atoms with E-state index >= 15 is 0 Å². The first-order chi connectivity index (χ1) is 21.9. The predicted octanol–water partition coefficient (Wildman–Crippen LogP) is 6.28. The maximum atomic E-state index is 14.9. The molecule has 1 unspecified atom stereocenters. The van der Waals surface area contributed by atoms with Crippen LogP contribution in [-0.2, 0) is 25.6 Å². The lowest BCUT2D eigenvalue weighted by atomic mass is 9.70. The van der Waals surface area contributed by atoms with Crippen molar-refractivity contribution < 1.29 is 43.0 Å². The van der Waals surface area contributed by atoms with Gasteiger partial charge in [-0.3, -0.25) is 14.5 Å². The van der Waals surface area contributed by atoms with Gasteiger partial charge < -0.3 is 24.2 Å². The number of halogens is 1. The SMILES string of the molecule is CC(C)OC(=O)OCC1(C)CC(C(=O)O)(C(=O)O)CCN1Cc1ccc(-c2noc(-c3ccc(-c4ccccc4)c(F)c3)n2)cc1. The molecule has 3 aromatic carbocycles. The van der Waals surface area contributed by atoms with Gasteiger partial charge in [0, 0.05) is 29.8 Å². The topological polar surface area (TPSA) is 152 Å². The minimum absolute atomic E-state index is 0.125. The highest BCUT2D eigenvalue weighted by Crippen LogP contribution is 2.42. The fourth-order valence-electron chi connectivity index (χ4n) is 5.69. The van der Waals surface area contributed by atoms with E-state index in [2.05, 4.69) is 10.1 Å². The number of ether oxygens (including phenoxy) is 2. The number of carboxylic acids is 2. The summed E-state index contributed by atoms with van der Waals surface area (Å²) in [6, 6.07) is 21.2. The van der Waals surface area contributed by atoms with Crippen LogP contribution >= 0.6 is 0 Å². The fraction of sp³-hybridized carbons (Fsp3) is 0.324. The van der Waals surface area contributed by atoms with Gasteiger partial charge in [-0.1, -0.05) is 65.8 Å². The highest BCUT2D eigenvalue weighted by molar-refractivity contribution is 5.98. The van der Waals surface area contributed by atoms with E-state index in [0.717, 1.165) is 11.1 Å². The van der Waals surface area contributed by atoms with Crippen LogP contribution < -0.4 is 0 Å². The van der Waals surface area contributed by atoms with Crippen molar-refractivity contribution in [3.8, 4) is 34.0 Å². The van der Waals surface area contributed by atoms with Gasteiger partial charge >= 0.3 is 18.1 Å². The number of rotatable bonds is 10. The van der Waals surface area contributed by atoms with Crippen LogP contribution in [0.4, 0.5) is 9.18 Å². The molecule has 1 fully saturated rings. The van der Waals surface area contributed by atoms with Crippen LogP contribution in [0.3, 0.4) is 0 Å². The minimum atomic E-state index is -2.03. The van der Waals surface area contributed by atoms with Crippen molar-refractivity contribution in [2.75, 3.05) is 13.2 Å². The van der Waals surface area contributed by atoms with Crippen LogP contribution in [0.1, 0.15) is 39.2 Å². The van der Waals surface area contributed by atoms with Crippen molar-refractivity contribution in [3.63, 3.8) is 0 Å². The summed E-state index contributed by atoms with van der Waals surface area (Å²) in [5.74, 6) is -2.81. The molecule has 0 saturated carbocycles. The predicted molar refractivity (Wildman–Crippen MR) is 164 cm³/mol. The van der Waals surface area contributed by atoms with Gasteiger partial charge in [0.25, 0.3) is 5.89 Å². The number of carboxylic acid groups (broad SMARTS) is 2. The molecule has 0 aliphatic carbocycles. The Morgan fingerprint density at radius 3 is 2.28 bits per heavy atom. The molecular weight excluding hydrogens is 597 g/mol. The van der Waals surface area contributed by atoms with Gasteiger partial charge in [-0.15, -0.1) is 0 Å². The van der Waals surface area contributed by atoms with E-state index in [1.165, 1.54) is 6.07 Å². The van der Waals surface area contributed by atoms with Crippen LogP contribution in [0.25, 0.3) is 34.0 Å². The first kappa shape index (κ1) is 32.3. The largest absolute Gasteiger partial charge is 0.508 e. The molecule has 0 spiro atoms. The van der Waals surface area contributed by atoms with Gasteiger partial charge in [0.1, 0.15) is 12.4 Å². The average Bonchev–Trinajstić information content (AvgIpc) is 3.52. The summed E-state index contributed by atoms with van der Waals surface area (Å²) in [4.78, 5) is 42.8. The highest BCUT2D eigenvalue weighted by Gasteiger charge is 2.56. The maximum absolute atomic E-state index is 14.9. The van der Waals surface area contributed by atoms with Gasteiger partial charge in [0.15, 0.2) is 5.41 Å². The molecule has 1 aliphatic rings. The normalized spacial score (nSPS) is 17.8. The van der Waals surface area contributed by atoms with E-state index < -0.39 is 41.0 Å². The van der Waals surface area contributed by atoms with Crippen molar-refractivity contribution in [1.82, 2.24) is 15.0 Å². The number of aliphatic carboxylic acids is 2. The molecule has 0 bridgehead atoms. The Kier molecular flexibility index (Phi) is 9.19. The van der Waals surface area contributed by atoms with Crippen molar-refractivity contribution >= 4 is 18.1 Å². The Labute approximate surface area is 264 Å². The van der Waals surface area contributed by atoms with Gasteiger partial charge in [-0.05, 0) is 56.9 Å². The summed E-state index contributed by atoms with van der Waals surface area (Å²) in [5, 5.41) is 23.8. The second-order valence-corrected chi connectivity index (χ2v) is 11.9. The van der Waals surface area contributed by atoms with Crippen molar-refractivity contribution in [2.45, 2.75) is 51.8 Å². The molecule has 46 heavy (non-hydrogen) atoms. The van der Waals surface area contributed by atoms with Gasteiger partial charge in [-0.2, -0.15) is 4.98 Å². The Balaban J connectivity index is 1.32. The monoisotopic (exact) mass is 631 g/mol. The Morgan fingerprint density at radius 2 is 1.65 bits per heavy atom. The Morgan fingerprint density at radius 1 is 0.978 bits per heavy atom. The van der Waals surface area contributed by atoms with Gasteiger partial charge in [0.05, 0.1) is 11.6 Å². The van der Waals surface area contributed by atoms with Gasteiger partial charge in [-0.25, -0.2) is 9.18 Å². The number of benzene rings is 3. The number of nitrogens with zero attached hydrogens (tertiary/aromatic N) is 3. The summed E-state index contributed by atoms with van der Waals surface area (Å²) in [7, 11) is 0. The highest BCUT2D eigenvalue weighted by atomic mass is 19.1. The standard InChI is InChI=1S/C34H34FN3O8/c1-21(2)45-32(43)44-20-33(3)19-34(30(39)40,31(41)42)15-16-38(33)18-22-9-11-24(12-10-22)28-36-29(46-37-28)25-13-14-26(27(35)17-25)23-7-5-4-6-8-23/h4-14,17,21H,15-16,18-20H2,1-3H3,(H,39,40)(H,41,42). The quantitative estimate of drug-likeness (QED) is 0.150. The summed E-state index contributed by atoms with van der Waals surface area (Å²) in [6.07, 6.45) is -1.75. The van der Waals surface area contributed by atoms with Crippen LogP contribution in [0.2, 0.25) is 0 Å². The second kappa shape index (κ2) is 13.1. The maximum Gasteiger partial charge on any atom is 0.508 e. The third-order valence-electron chi connectivity index (χ3n) is 8.22. The molecule has 1 aromatic heterocycles. The van der Waals surface area contributed by atoms with E-state index in [1.807, 2.05) is 47.4 Å². The van der Waals surface area contributed by atoms with Crippen molar-refractivity contribution in [3.05, 3.63) is 84.2 Å². The van der Waals surface area contributed by atoms with Crippen LogP contribution in [0, 0.1) is 11.2 Å². The first-order valence-electron chi connectivity index (χ1n) is 14.7. The van der Waals surface area contributed by atoms with E-state index in [0.29, 0.717) is 29.1 Å². The fourth-order valence-corrected chi connectivity index (χ4v) is 5.69.